The predicted molar refractivity (Wildman–Crippen MR) is 185 cm³/mol. The number of nitrogens with one attached hydrogen (secondary N) is 2. The minimum atomic E-state index is -0.897. The van der Waals surface area contributed by atoms with Gasteiger partial charge >= 0.3 is 12.2 Å². The normalized spacial score (nSPS) is 18.6. The van der Waals surface area contributed by atoms with Crippen molar-refractivity contribution in [2.45, 2.75) is 77.0 Å². The third kappa shape index (κ3) is 6.52. The first-order valence-corrected chi connectivity index (χ1v) is 16.9. The van der Waals surface area contributed by atoms with Gasteiger partial charge in [-0.25, -0.2) is 19.6 Å². The Morgan fingerprint density at radius 3 is 2.08 bits per heavy atom. The van der Waals surface area contributed by atoms with Gasteiger partial charge in [0.2, 0.25) is 0 Å². The van der Waals surface area contributed by atoms with Gasteiger partial charge in [-0.2, -0.15) is 0 Å². The van der Waals surface area contributed by atoms with Crippen molar-refractivity contribution in [3.8, 4) is 33.6 Å². The van der Waals surface area contributed by atoms with Crippen LogP contribution in [0.15, 0.2) is 73.1 Å². The third-order valence-electron chi connectivity index (χ3n) is 9.37. The molecule has 2 saturated heterocycles. The minimum Gasteiger partial charge on any atom is -0.465 e. The van der Waals surface area contributed by atoms with Gasteiger partial charge < -0.3 is 19.8 Å². The fourth-order valence-corrected chi connectivity index (χ4v) is 6.93. The SMILES string of the molecule is CC(C)(C)OC(=O)N1CCCCC1c1nc(-c2ccc3cc(-c4ccc(-c5cnc(C6CCCCN6C(=O)O)[nH]5)cc4)ccc3c2)c[nH]1. The van der Waals surface area contributed by atoms with E-state index in [-0.39, 0.29) is 18.2 Å². The zero-order valence-corrected chi connectivity index (χ0v) is 27.7. The van der Waals surface area contributed by atoms with Gasteiger partial charge in [0.15, 0.2) is 0 Å². The van der Waals surface area contributed by atoms with E-state index in [1.807, 2.05) is 31.9 Å². The topological polar surface area (TPSA) is 127 Å². The van der Waals surface area contributed by atoms with Crippen molar-refractivity contribution in [2.24, 2.45) is 0 Å². The summed E-state index contributed by atoms with van der Waals surface area (Å²) in [6.07, 6.45) is 8.04. The summed E-state index contributed by atoms with van der Waals surface area (Å²) in [5.41, 5.74) is 5.42. The molecule has 3 aromatic carbocycles. The van der Waals surface area contributed by atoms with E-state index in [1.165, 1.54) is 4.90 Å². The number of hydrogen-bond acceptors (Lipinski definition) is 5. The van der Waals surface area contributed by atoms with Crippen LogP contribution in [0.3, 0.4) is 0 Å². The fourth-order valence-electron chi connectivity index (χ4n) is 6.93. The highest BCUT2D eigenvalue weighted by atomic mass is 16.6. The van der Waals surface area contributed by atoms with E-state index in [4.69, 9.17) is 9.72 Å². The maximum atomic E-state index is 13.0. The highest BCUT2D eigenvalue weighted by Crippen LogP contribution is 2.34. The van der Waals surface area contributed by atoms with Crippen molar-refractivity contribution in [3.63, 3.8) is 0 Å². The van der Waals surface area contributed by atoms with Crippen molar-refractivity contribution in [3.05, 3.63) is 84.7 Å². The molecule has 2 amide bonds. The Bertz CT molecular complexity index is 1940. The number of nitrogens with zero attached hydrogens (tertiary/aromatic N) is 4. The number of piperidine rings is 2. The molecule has 3 N–H and O–H groups in total. The zero-order valence-electron chi connectivity index (χ0n) is 27.7. The molecule has 7 rings (SSSR count). The van der Waals surface area contributed by atoms with E-state index in [2.05, 4.69) is 75.6 Å². The molecule has 5 aromatic rings. The van der Waals surface area contributed by atoms with Crippen LogP contribution >= 0.6 is 0 Å². The molecule has 0 radical (unpaired) electrons. The molecular formula is C38H42N6O4. The number of aromatic amines is 2. The lowest BCUT2D eigenvalue weighted by Crippen LogP contribution is -2.42. The summed E-state index contributed by atoms with van der Waals surface area (Å²) in [6, 6.07) is 20.8. The number of carbonyl (C=O) groups excluding carboxylic acids is 1. The number of fused-ring (bicyclic) bond motifs is 1. The quantitative estimate of drug-likeness (QED) is 0.175. The molecule has 10 heteroatoms. The first-order chi connectivity index (χ1) is 23.1. The number of ether oxygens (including phenoxy) is 1. The Balaban J connectivity index is 1.06. The predicted octanol–water partition coefficient (Wildman–Crippen LogP) is 8.95. The first kappa shape index (κ1) is 31.5. The van der Waals surface area contributed by atoms with Crippen LogP contribution in [0.2, 0.25) is 0 Å². The van der Waals surface area contributed by atoms with Gasteiger partial charge in [0.1, 0.15) is 17.2 Å². The monoisotopic (exact) mass is 646 g/mol. The largest absolute Gasteiger partial charge is 0.465 e. The van der Waals surface area contributed by atoms with E-state index >= 15 is 0 Å². The molecule has 2 aromatic heterocycles. The second-order valence-corrected chi connectivity index (χ2v) is 13.9. The summed E-state index contributed by atoms with van der Waals surface area (Å²) in [5, 5.41) is 11.9. The van der Waals surface area contributed by atoms with Gasteiger partial charge in [-0.05, 0) is 98.9 Å². The smallest absolute Gasteiger partial charge is 0.410 e. The van der Waals surface area contributed by atoms with Crippen molar-refractivity contribution < 1.29 is 19.4 Å². The summed E-state index contributed by atoms with van der Waals surface area (Å²) >= 11 is 0. The van der Waals surface area contributed by atoms with Crippen LogP contribution in [0, 0.1) is 0 Å². The molecule has 248 valence electrons. The molecule has 0 spiro atoms. The van der Waals surface area contributed by atoms with Gasteiger partial charge in [0.05, 0.1) is 29.7 Å². The molecule has 0 saturated carbocycles. The Hall–Kier alpha value is -5.12. The van der Waals surface area contributed by atoms with Crippen LogP contribution in [0.1, 0.15) is 83.0 Å². The van der Waals surface area contributed by atoms with E-state index in [0.29, 0.717) is 18.9 Å². The van der Waals surface area contributed by atoms with Gasteiger partial charge in [-0.1, -0.05) is 48.5 Å². The number of carbonyl (C=O) groups is 2. The molecule has 2 fully saturated rings. The average Bonchev–Trinajstić information content (AvgIpc) is 3.78. The second kappa shape index (κ2) is 12.8. The maximum absolute atomic E-state index is 13.0. The number of aromatic nitrogens is 4. The number of rotatable bonds is 5. The minimum absolute atomic E-state index is 0.133. The van der Waals surface area contributed by atoms with Crippen LogP contribution < -0.4 is 0 Å². The van der Waals surface area contributed by atoms with E-state index in [1.54, 1.807) is 6.20 Å². The number of imidazole rings is 2. The molecule has 0 bridgehead atoms. The molecule has 2 aliphatic rings. The van der Waals surface area contributed by atoms with E-state index in [9.17, 15) is 14.7 Å². The Morgan fingerprint density at radius 1 is 0.792 bits per heavy atom. The highest BCUT2D eigenvalue weighted by Gasteiger charge is 2.33. The van der Waals surface area contributed by atoms with Crippen molar-refractivity contribution in [1.29, 1.82) is 0 Å². The second-order valence-electron chi connectivity index (χ2n) is 13.9. The molecule has 4 heterocycles. The fraction of sp³-hybridized carbons (Fsp3) is 0.368. The number of carboxylic acid groups (broad SMARTS) is 1. The standard InChI is InChI=1S/C38H42N6O4/c1-38(2,3)48-37(47)44-19-7-5-9-33(44)35-40-23-31(42-35)29-17-16-27-20-26(14-15-28(27)21-29)24-10-12-25(13-11-24)30-22-39-34(41-30)32-8-4-6-18-43(32)36(45)46/h10-17,20-23,32-33H,4-9,18-19H2,1-3H3,(H,39,41)(H,40,42)(H,45,46). The van der Waals surface area contributed by atoms with E-state index in [0.717, 1.165) is 88.8 Å². The lowest BCUT2D eigenvalue weighted by atomic mass is 9.98. The van der Waals surface area contributed by atoms with Crippen LogP contribution in [-0.2, 0) is 4.74 Å². The number of likely N-dealkylation sites (tertiary alicyclic amines) is 2. The maximum Gasteiger partial charge on any atom is 0.410 e. The number of hydrogen-bond donors (Lipinski definition) is 3. The summed E-state index contributed by atoms with van der Waals surface area (Å²) in [5.74, 6) is 1.49. The first-order valence-electron chi connectivity index (χ1n) is 16.9. The van der Waals surface area contributed by atoms with Crippen LogP contribution in [-0.4, -0.2) is 65.7 Å². The van der Waals surface area contributed by atoms with Crippen LogP contribution in [0.5, 0.6) is 0 Å². The molecule has 2 atom stereocenters. The van der Waals surface area contributed by atoms with Crippen molar-refractivity contribution >= 4 is 23.0 Å². The van der Waals surface area contributed by atoms with Gasteiger partial charge in [0.25, 0.3) is 0 Å². The molecular weight excluding hydrogens is 604 g/mol. The lowest BCUT2D eigenvalue weighted by Gasteiger charge is -2.35. The third-order valence-corrected chi connectivity index (χ3v) is 9.37. The van der Waals surface area contributed by atoms with Gasteiger partial charge in [-0.3, -0.25) is 9.80 Å². The van der Waals surface area contributed by atoms with Crippen LogP contribution in [0.4, 0.5) is 9.59 Å². The summed E-state index contributed by atoms with van der Waals surface area (Å²) in [6.45, 7) is 6.87. The molecule has 10 nitrogen and oxygen atoms in total. The number of amides is 2. The zero-order chi connectivity index (χ0) is 33.4. The van der Waals surface area contributed by atoms with Crippen LogP contribution in [0.25, 0.3) is 44.4 Å². The van der Waals surface area contributed by atoms with Crippen molar-refractivity contribution in [1.82, 2.24) is 29.7 Å². The van der Waals surface area contributed by atoms with Gasteiger partial charge in [-0.15, -0.1) is 0 Å². The molecule has 0 aliphatic carbocycles. The van der Waals surface area contributed by atoms with Gasteiger partial charge in [0, 0.05) is 24.8 Å². The lowest BCUT2D eigenvalue weighted by molar-refractivity contribution is 0.00853. The summed E-state index contributed by atoms with van der Waals surface area (Å²) in [4.78, 5) is 44.2. The number of benzene rings is 3. The average molecular weight is 647 g/mol. The summed E-state index contributed by atoms with van der Waals surface area (Å²) < 4.78 is 5.69. The Kier molecular flexibility index (Phi) is 8.41. The van der Waals surface area contributed by atoms with Crippen molar-refractivity contribution in [2.75, 3.05) is 13.1 Å². The molecule has 48 heavy (non-hydrogen) atoms. The number of H-pyrrole nitrogens is 2. The highest BCUT2D eigenvalue weighted by molar-refractivity contribution is 5.90. The molecule has 2 unspecified atom stereocenters. The Labute approximate surface area is 280 Å². The Morgan fingerprint density at radius 2 is 1.40 bits per heavy atom. The summed E-state index contributed by atoms with van der Waals surface area (Å²) in [7, 11) is 0. The van der Waals surface area contributed by atoms with E-state index < -0.39 is 11.7 Å². The molecule has 2 aliphatic heterocycles.